The lowest BCUT2D eigenvalue weighted by Gasteiger charge is -2.19. The molecule has 0 aromatic heterocycles. The van der Waals surface area contributed by atoms with E-state index in [0.29, 0.717) is 18.7 Å². The number of anilines is 1. The standard InChI is InChI=1S/C17H27N3O2/c1-5-13(4)19-16(21)12-18-15-10-8-9-14(11-15)17(22)20(6-2)7-3/h8-11,13,18H,5-7,12H2,1-4H3,(H,19,21). The Morgan fingerprint density at radius 2 is 1.86 bits per heavy atom. The van der Waals surface area contributed by atoms with Gasteiger partial charge < -0.3 is 15.5 Å². The molecule has 122 valence electrons. The first-order chi connectivity index (χ1) is 10.5. The van der Waals surface area contributed by atoms with Gasteiger partial charge in [-0.1, -0.05) is 13.0 Å². The summed E-state index contributed by atoms with van der Waals surface area (Å²) in [5.41, 5.74) is 1.41. The van der Waals surface area contributed by atoms with E-state index >= 15 is 0 Å². The predicted molar refractivity (Wildman–Crippen MR) is 90.1 cm³/mol. The molecule has 22 heavy (non-hydrogen) atoms. The van der Waals surface area contributed by atoms with Gasteiger partial charge in [-0.05, 0) is 45.4 Å². The fraction of sp³-hybridized carbons (Fsp3) is 0.529. The molecular weight excluding hydrogens is 278 g/mol. The molecule has 2 N–H and O–H groups in total. The Balaban J connectivity index is 2.65. The van der Waals surface area contributed by atoms with E-state index in [1.807, 2.05) is 39.8 Å². The molecule has 0 aliphatic carbocycles. The summed E-state index contributed by atoms with van der Waals surface area (Å²) < 4.78 is 0. The minimum absolute atomic E-state index is 0.0118. The van der Waals surface area contributed by atoms with Gasteiger partial charge in [0.25, 0.3) is 5.91 Å². The average Bonchev–Trinajstić information content (AvgIpc) is 2.54. The van der Waals surface area contributed by atoms with E-state index in [9.17, 15) is 9.59 Å². The topological polar surface area (TPSA) is 61.4 Å². The van der Waals surface area contributed by atoms with Crippen LogP contribution in [0.25, 0.3) is 0 Å². The van der Waals surface area contributed by atoms with Crippen LogP contribution in [-0.2, 0) is 4.79 Å². The van der Waals surface area contributed by atoms with Crippen LogP contribution in [0.4, 0.5) is 5.69 Å². The van der Waals surface area contributed by atoms with Crippen LogP contribution in [0.2, 0.25) is 0 Å². The zero-order chi connectivity index (χ0) is 16.5. The molecule has 5 nitrogen and oxygen atoms in total. The lowest BCUT2D eigenvalue weighted by molar-refractivity contribution is -0.120. The molecule has 2 amide bonds. The molecule has 0 spiro atoms. The first kappa shape index (κ1) is 18.0. The fourth-order valence-electron chi connectivity index (χ4n) is 2.07. The van der Waals surface area contributed by atoms with Gasteiger partial charge in [0.2, 0.25) is 5.91 Å². The van der Waals surface area contributed by atoms with Crippen LogP contribution < -0.4 is 10.6 Å². The third kappa shape index (κ3) is 5.39. The van der Waals surface area contributed by atoms with Crippen LogP contribution in [0.5, 0.6) is 0 Å². The highest BCUT2D eigenvalue weighted by molar-refractivity contribution is 5.95. The van der Waals surface area contributed by atoms with Gasteiger partial charge in [0.15, 0.2) is 0 Å². The van der Waals surface area contributed by atoms with Gasteiger partial charge in [-0.25, -0.2) is 0 Å². The van der Waals surface area contributed by atoms with Gasteiger partial charge in [-0.2, -0.15) is 0 Å². The molecule has 0 saturated carbocycles. The maximum absolute atomic E-state index is 12.3. The van der Waals surface area contributed by atoms with Crippen molar-refractivity contribution >= 4 is 17.5 Å². The summed E-state index contributed by atoms with van der Waals surface area (Å²) in [6.07, 6.45) is 0.902. The summed E-state index contributed by atoms with van der Waals surface area (Å²) >= 11 is 0. The monoisotopic (exact) mass is 305 g/mol. The minimum atomic E-state index is -0.0465. The van der Waals surface area contributed by atoms with Crippen LogP contribution in [0.1, 0.15) is 44.5 Å². The van der Waals surface area contributed by atoms with Crippen LogP contribution in [-0.4, -0.2) is 42.4 Å². The first-order valence-electron chi connectivity index (χ1n) is 7.94. The molecule has 5 heteroatoms. The van der Waals surface area contributed by atoms with Crippen molar-refractivity contribution in [1.29, 1.82) is 0 Å². The lowest BCUT2D eigenvalue weighted by atomic mass is 10.1. The summed E-state index contributed by atoms with van der Waals surface area (Å²) in [6, 6.07) is 7.44. The maximum atomic E-state index is 12.3. The number of amides is 2. The van der Waals surface area contributed by atoms with Crippen molar-refractivity contribution in [3.05, 3.63) is 29.8 Å². The van der Waals surface area contributed by atoms with E-state index in [2.05, 4.69) is 10.6 Å². The second-order valence-electron chi connectivity index (χ2n) is 5.29. The van der Waals surface area contributed by atoms with E-state index in [-0.39, 0.29) is 24.4 Å². The van der Waals surface area contributed by atoms with Crippen molar-refractivity contribution in [2.45, 2.75) is 40.2 Å². The van der Waals surface area contributed by atoms with Crippen molar-refractivity contribution in [3.63, 3.8) is 0 Å². The number of nitrogens with one attached hydrogen (secondary N) is 2. The van der Waals surface area contributed by atoms with Crippen molar-refractivity contribution in [2.75, 3.05) is 25.0 Å². The van der Waals surface area contributed by atoms with Gasteiger partial charge in [0, 0.05) is 30.4 Å². The maximum Gasteiger partial charge on any atom is 0.253 e. The van der Waals surface area contributed by atoms with Crippen LogP contribution >= 0.6 is 0 Å². The highest BCUT2D eigenvalue weighted by atomic mass is 16.2. The second-order valence-corrected chi connectivity index (χ2v) is 5.29. The zero-order valence-corrected chi connectivity index (χ0v) is 14.0. The molecule has 0 aliphatic heterocycles. The van der Waals surface area contributed by atoms with E-state index < -0.39 is 0 Å². The fourth-order valence-corrected chi connectivity index (χ4v) is 2.07. The normalized spacial score (nSPS) is 11.6. The lowest BCUT2D eigenvalue weighted by Crippen LogP contribution is -2.36. The highest BCUT2D eigenvalue weighted by Gasteiger charge is 2.12. The van der Waals surface area contributed by atoms with Gasteiger partial charge in [-0.15, -0.1) is 0 Å². The summed E-state index contributed by atoms with van der Waals surface area (Å²) in [7, 11) is 0. The molecule has 1 unspecified atom stereocenters. The van der Waals surface area contributed by atoms with Crippen molar-refractivity contribution < 1.29 is 9.59 Å². The molecule has 0 aliphatic rings. The second kappa shape index (κ2) is 9.07. The number of hydrogen-bond donors (Lipinski definition) is 2. The van der Waals surface area contributed by atoms with Gasteiger partial charge in [0.1, 0.15) is 0 Å². The van der Waals surface area contributed by atoms with E-state index in [4.69, 9.17) is 0 Å². The Morgan fingerprint density at radius 1 is 1.18 bits per heavy atom. The van der Waals surface area contributed by atoms with Crippen LogP contribution in [0.3, 0.4) is 0 Å². The third-order valence-corrected chi connectivity index (χ3v) is 3.63. The molecule has 1 aromatic carbocycles. The predicted octanol–water partition coefficient (Wildman–Crippen LogP) is 2.50. The number of rotatable bonds is 8. The summed E-state index contributed by atoms with van der Waals surface area (Å²) in [6.45, 7) is 9.50. The molecule has 0 fully saturated rings. The zero-order valence-electron chi connectivity index (χ0n) is 14.0. The summed E-state index contributed by atoms with van der Waals surface area (Å²) in [5, 5.41) is 5.96. The van der Waals surface area contributed by atoms with Gasteiger partial charge in [-0.3, -0.25) is 9.59 Å². The molecular formula is C17H27N3O2. The highest BCUT2D eigenvalue weighted by Crippen LogP contribution is 2.12. The van der Waals surface area contributed by atoms with Crippen molar-refractivity contribution in [1.82, 2.24) is 10.2 Å². The van der Waals surface area contributed by atoms with E-state index in [1.54, 1.807) is 17.0 Å². The van der Waals surface area contributed by atoms with Crippen LogP contribution in [0.15, 0.2) is 24.3 Å². The largest absolute Gasteiger partial charge is 0.376 e. The number of nitrogens with zero attached hydrogens (tertiary/aromatic N) is 1. The summed E-state index contributed by atoms with van der Waals surface area (Å²) in [4.78, 5) is 25.8. The Morgan fingerprint density at radius 3 is 2.45 bits per heavy atom. The number of carbonyl (C=O) groups excluding carboxylic acids is 2. The SMILES string of the molecule is CCC(C)NC(=O)CNc1cccc(C(=O)N(CC)CC)c1. The smallest absolute Gasteiger partial charge is 0.253 e. The molecule has 1 rings (SSSR count). The molecule has 0 heterocycles. The Labute approximate surface area is 133 Å². The van der Waals surface area contributed by atoms with Gasteiger partial charge >= 0.3 is 0 Å². The average molecular weight is 305 g/mol. The van der Waals surface area contributed by atoms with E-state index in [0.717, 1.165) is 12.1 Å². The quantitative estimate of drug-likeness (QED) is 0.775. The molecule has 0 radical (unpaired) electrons. The Kier molecular flexibility index (Phi) is 7.43. The Hall–Kier alpha value is -2.04. The van der Waals surface area contributed by atoms with Gasteiger partial charge in [0.05, 0.1) is 6.54 Å². The molecule has 0 saturated heterocycles. The van der Waals surface area contributed by atoms with E-state index in [1.165, 1.54) is 0 Å². The minimum Gasteiger partial charge on any atom is -0.376 e. The third-order valence-electron chi connectivity index (χ3n) is 3.63. The summed E-state index contributed by atoms with van der Waals surface area (Å²) in [5.74, 6) is -0.0347. The number of hydrogen-bond acceptors (Lipinski definition) is 3. The number of carbonyl (C=O) groups is 2. The van der Waals surface area contributed by atoms with Crippen molar-refractivity contribution in [2.24, 2.45) is 0 Å². The van der Waals surface area contributed by atoms with Crippen molar-refractivity contribution in [3.8, 4) is 0 Å². The number of benzene rings is 1. The first-order valence-corrected chi connectivity index (χ1v) is 7.94. The molecule has 1 aromatic rings. The Bertz CT molecular complexity index is 498. The molecule has 0 bridgehead atoms. The van der Waals surface area contributed by atoms with Crippen LogP contribution in [0, 0.1) is 0 Å². The molecule has 1 atom stereocenters.